The highest BCUT2D eigenvalue weighted by molar-refractivity contribution is 5.91. The van der Waals surface area contributed by atoms with Gasteiger partial charge in [-0.25, -0.2) is 0 Å². The fourth-order valence-corrected chi connectivity index (χ4v) is 1.55. The van der Waals surface area contributed by atoms with Crippen LogP contribution < -0.4 is 16.8 Å². The van der Waals surface area contributed by atoms with Crippen LogP contribution in [0.3, 0.4) is 0 Å². The van der Waals surface area contributed by atoms with Crippen molar-refractivity contribution in [3.63, 3.8) is 0 Å². The highest BCUT2D eigenvalue weighted by atomic mass is 16.1. The van der Waals surface area contributed by atoms with Gasteiger partial charge < -0.3 is 16.8 Å². The van der Waals surface area contributed by atoms with Crippen LogP contribution in [0.25, 0.3) is 0 Å². The number of anilines is 1. The second kappa shape index (κ2) is 5.18. The van der Waals surface area contributed by atoms with E-state index in [1.54, 1.807) is 24.3 Å². The molecule has 0 saturated carbocycles. The Morgan fingerprint density at radius 2 is 1.78 bits per heavy atom. The number of nitrogens with two attached hydrogens (primary N) is 2. The maximum absolute atomic E-state index is 12.0. The summed E-state index contributed by atoms with van der Waals surface area (Å²) in [6, 6.07) is 6.38. The molecule has 0 aliphatic carbocycles. The van der Waals surface area contributed by atoms with Crippen LogP contribution in [-0.4, -0.2) is 11.7 Å². The molecule has 1 rings (SSSR count). The molecule has 98 valence electrons. The van der Waals surface area contributed by atoms with Crippen molar-refractivity contribution in [2.24, 2.45) is 16.9 Å². The molecule has 1 atom stereocenters. The summed E-state index contributed by atoms with van der Waals surface area (Å²) in [7, 11) is 0. The zero-order chi connectivity index (χ0) is 13.9. The van der Waals surface area contributed by atoms with Gasteiger partial charge in [-0.1, -0.05) is 32.9 Å². The fraction of sp³-hybridized carbons (Fsp3) is 0.385. The average molecular weight is 248 g/mol. The van der Waals surface area contributed by atoms with E-state index in [0.29, 0.717) is 5.69 Å². The molecule has 1 aromatic carbocycles. The van der Waals surface area contributed by atoms with E-state index in [0.717, 1.165) is 5.56 Å². The minimum absolute atomic E-state index is 0.00484. The van der Waals surface area contributed by atoms with Crippen molar-refractivity contribution < 1.29 is 4.79 Å². The van der Waals surface area contributed by atoms with E-state index in [2.05, 4.69) is 5.32 Å². The summed E-state index contributed by atoms with van der Waals surface area (Å²) in [6.07, 6.45) is 0. The van der Waals surface area contributed by atoms with Gasteiger partial charge in [-0.3, -0.25) is 10.2 Å². The lowest BCUT2D eigenvalue weighted by Crippen LogP contribution is -2.32. The Morgan fingerprint density at radius 3 is 2.17 bits per heavy atom. The molecule has 0 radical (unpaired) electrons. The molecular formula is C13H20N4O. The topological polar surface area (TPSA) is 105 Å². The lowest BCUT2D eigenvalue weighted by atomic mass is 9.84. The predicted molar refractivity (Wildman–Crippen MR) is 73.4 cm³/mol. The van der Waals surface area contributed by atoms with Crippen LogP contribution in [0.1, 0.15) is 32.4 Å². The summed E-state index contributed by atoms with van der Waals surface area (Å²) < 4.78 is 0. The van der Waals surface area contributed by atoms with Crippen molar-refractivity contribution in [3.8, 4) is 0 Å². The molecule has 6 N–H and O–H groups in total. The Bertz CT molecular complexity index is 445. The Morgan fingerprint density at radius 1 is 1.28 bits per heavy atom. The highest BCUT2D eigenvalue weighted by Gasteiger charge is 2.27. The van der Waals surface area contributed by atoms with Gasteiger partial charge in [-0.05, 0) is 17.7 Å². The molecule has 0 aromatic heterocycles. The van der Waals surface area contributed by atoms with Crippen LogP contribution >= 0.6 is 0 Å². The third-order valence-corrected chi connectivity index (χ3v) is 2.57. The first-order chi connectivity index (χ1) is 8.21. The van der Waals surface area contributed by atoms with Crippen molar-refractivity contribution in [2.75, 3.05) is 5.32 Å². The molecule has 5 heteroatoms. The highest BCUT2D eigenvalue weighted by Crippen LogP contribution is 2.24. The van der Waals surface area contributed by atoms with Crippen molar-refractivity contribution in [1.29, 1.82) is 5.41 Å². The zero-order valence-corrected chi connectivity index (χ0v) is 10.9. The monoisotopic (exact) mass is 248 g/mol. The van der Waals surface area contributed by atoms with Crippen LogP contribution in [0.2, 0.25) is 0 Å². The first-order valence-corrected chi connectivity index (χ1v) is 5.72. The first kappa shape index (κ1) is 14.2. The van der Waals surface area contributed by atoms with E-state index in [9.17, 15) is 4.79 Å². The Labute approximate surface area is 107 Å². The van der Waals surface area contributed by atoms with Gasteiger partial charge in [0.25, 0.3) is 0 Å². The molecule has 0 saturated heterocycles. The van der Waals surface area contributed by atoms with Crippen molar-refractivity contribution in [1.82, 2.24) is 0 Å². The third kappa shape index (κ3) is 3.56. The molecule has 1 unspecified atom stereocenters. The number of ketones is 1. The maximum Gasteiger partial charge on any atom is 0.190 e. The van der Waals surface area contributed by atoms with E-state index in [-0.39, 0.29) is 11.7 Å². The van der Waals surface area contributed by atoms with Gasteiger partial charge in [0.05, 0.1) is 6.04 Å². The lowest BCUT2D eigenvalue weighted by Gasteiger charge is -2.22. The molecule has 5 nitrogen and oxygen atoms in total. The third-order valence-electron chi connectivity index (χ3n) is 2.57. The number of rotatable bonds is 3. The fourth-order valence-electron chi connectivity index (χ4n) is 1.55. The summed E-state index contributed by atoms with van der Waals surface area (Å²) in [4.78, 5) is 12.0. The zero-order valence-electron chi connectivity index (χ0n) is 10.9. The molecule has 0 aliphatic heterocycles. The predicted octanol–water partition coefficient (Wildman–Crippen LogP) is 1.61. The molecule has 0 spiro atoms. The van der Waals surface area contributed by atoms with Gasteiger partial charge in [-0.15, -0.1) is 0 Å². The van der Waals surface area contributed by atoms with Gasteiger partial charge in [0, 0.05) is 11.1 Å². The molecular weight excluding hydrogens is 228 g/mol. The van der Waals surface area contributed by atoms with E-state index >= 15 is 0 Å². The number of carbonyl (C=O) groups is 1. The maximum atomic E-state index is 12.0. The van der Waals surface area contributed by atoms with Gasteiger partial charge in [0.1, 0.15) is 0 Å². The summed E-state index contributed by atoms with van der Waals surface area (Å²) in [6.45, 7) is 5.54. The van der Waals surface area contributed by atoms with Gasteiger partial charge >= 0.3 is 0 Å². The minimum atomic E-state index is -0.628. The van der Waals surface area contributed by atoms with Gasteiger partial charge in [-0.2, -0.15) is 0 Å². The van der Waals surface area contributed by atoms with Gasteiger partial charge in [0.15, 0.2) is 11.7 Å². The molecule has 18 heavy (non-hydrogen) atoms. The van der Waals surface area contributed by atoms with Crippen molar-refractivity contribution in [3.05, 3.63) is 29.8 Å². The van der Waals surface area contributed by atoms with Crippen molar-refractivity contribution >= 4 is 17.4 Å². The number of hydrogen-bond donors (Lipinski definition) is 4. The number of benzene rings is 1. The number of carbonyl (C=O) groups excluding carboxylic acids is 1. The molecule has 1 aromatic rings. The van der Waals surface area contributed by atoms with E-state index in [1.165, 1.54) is 0 Å². The second-order valence-corrected chi connectivity index (χ2v) is 5.25. The van der Waals surface area contributed by atoms with Crippen LogP contribution in [0.15, 0.2) is 24.3 Å². The number of guanidine groups is 1. The van der Waals surface area contributed by atoms with Gasteiger partial charge in [0.2, 0.25) is 0 Å². The van der Waals surface area contributed by atoms with E-state index in [4.69, 9.17) is 16.9 Å². The van der Waals surface area contributed by atoms with E-state index in [1.807, 2.05) is 20.8 Å². The van der Waals surface area contributed by atoms with Crippen LogP contribution in [0, 0.1) is 10.8 Å². The van der Waals surface area contributed by atoms with E-state index < -0.39 is 11.5 Å². The molecule has 0 aliphatic rings. The standard InChI is InChI=1S/C13H20N4O/c1-13(2,3)11(18)10(14)8-4-6-9(7-5-8)17-12(15)16/h4-7,10H,14H2,1-3H3,(H4,15,16,17). The largest absolute Gasteiger partial charge is 0.370 e. The number of Topliss-reactive ketones (excluding diaryl/α,β-unsaturated/α-hetero) is 1. The quantitative estimate of drug-likeness (QED) is 0.481. The van der Waals surface area contributed by atoms with Crippen molar-refractivity contribution in [2.45, 2.75) is 26.8 Å². The SMILES string of the molecule is CC(C)(C)C(=O)C(N)c1ccc(NC(=N)N)cc1. The molecule has 0 amide bonds. The Balaban J connectivity index is 2.85. The lowest BCUT2D eigenvalue weighted by molar-refractivity contribution is -0.127. The normalized spacial score (nSPS) is 12.9. The van der Waals surface area contributed by atoms with Crippen LogP contribution in [-0.2, 0) is 4.79 Å². The van der Waals surface area contributed by atoms with Crippen LogP contribution in [0.4, 0.5) is 5.69 Å². The number of nitrogens with one attached hydrogen (secondary N) is 2. The molecule has 0 bridgehead atoms. The Kier molecular flexibility index (Phi) is 4.08. The summed E-state index contributed by atoms with van der Waals surface area (Å²) in [5.41, 5.74) is 12.1. The average Bonchev–Trinajstić information content (AvgIpc) is 2.26. The minimum Gasteiger partial charge on any atom is -0.370 e. The summed E-state index contributed by atoms with van der Waals surface area (Å²) in [5.74, 6) is -0.132. The summed E-state index contributed by atoms with van der Waals surface area (Å²) >= 11 is 0. The Hall–Kier alpha value is -1.88. The number of hydrogen-bond acceptors (Lipinski definition) is 3. The molecule has 0 fully saturated rings. The smallest absolute Gasteiger partial charge is 0.190 e. The second-order valence-electron chi connectivity index (χ2n) is 5.25. The van der Waals surface area contributed by atoms with Crippen LogP contribution in [0.5, 0.6) is 0 Å². The molecule has 0 heterocycles. The first-order valence-electron chi connectivity index (χ1n) is 5.72. The summed E-state index contributed by atoms with van der Waals surface area (Å²) in [5, 5.41) is 9.77.